The fraction of sp³-hybridized carbons (Fsp3) is 0.263. The number of alkyl halides is 4. The largest absolute Gasteiger partial charge is 0.593 e. The van der Waals surface area contributed by atoms with E-state index in [1.165, 1.54) is 18.3 Å². The Kier molecular flexibility index (Phi) is 7.24. The van der Waals surface area contributed by atoms with Crippen LogP contribution in [0.25, 0.3) is 11.3 Å². The molecule has 0 spiro atoms. The number of nitrogens with one attached hydrogen (secondary N) is 2. The number of halogens is 4. The van der Waals surface area contributed by atoms with Gasteiger partial charge in [0.1, 0.15) is 5.82 Å². The van der Waals surface area contributed by atoms with E-state index >= 15 is 0 Å². The lowest BCUT2D eigenvalue weighted by Gasteiger charge is -2.13. The summed E-state index contributed by atoms with van der Waals surface area (Å²) < 4.78 is 54.8. The standard InChI is InChI=1S/C19H19ClF3N5OS/c1-24-30(29)15-8-16(17-11-28(7-6-20)12-27-17)18(26-10-15)25-9-13-2-4-14(5-3-13)19(21,22)23/h2-5,8,10-12,24H,6-7,9H2,1H3,(H,25,26). The van der Waals surface area contributed by atoms with Crippen molar-refractivity contribution in [1.82, 2.24) is 19.3 Å². The number of anilines is 1. The molecule has 11 heteroatoms. The molecular weight excluding hydrogens is 439 g/mol. The first-order chi connectivity index (χ1) is 14.3. The zero-order chi connectivity index (χ0) is 21.7. The number of nitrogens with zero attached hydrogens (tertiary/aromatic N) is 3. The molecule has 6 nitrogen and oxygen atoms in total. The Bertz CT molecular complexity index is 981. The molecule has 1 aromatic carbocycles. The molecule has 0 radical (unpaired) electrons. The summed E-state index contributed by atoms with van der Waals surface area (Å²) in [6, 6.07) is 6.61. The predicted molar refractivity (Wildman–Crippen MR) is 110 cm³/mol. The van der Waals surface area contributed by atoms with Crippen LogP contribution in [-0.2, 0) is 30.6 Å². The van der Waals surface area contributed by atoms with Gasteiger partial charge in [0.25, 0.3) is 0 Å². The highest BCUT2D eigenvalue weighted by atomic mass is 35.5. The van der Waals surface area contributed by atoms with E-state index < -0.39 is 23.1 Å². The lowest BCUT2D eigenvalue weighted by Crippen LogP contribution is -2.19. The first kappa shape index (κ1) is 22.4. The third-order valence-electron chi connectivity index (χ3n) is 4.26. The Labute approximate surface area is 179 Å². The van der Waals surface area contributed by atoms with Gasteiger partial charge in [0, 0.05) is 43.8 Å². The van der Waals surface area contributed by atoms with Crippen LogP contribution in [0.2, 0.25) is 0 Å². The monoisotopic (exact) mass is 457 g/mol. The molecule has 2 aromatic heterocycles. The SMILES string of the molecule is CN[S+]([O-])c1cnc(NCc2ccc(C(F)(F)F)cc2)c(-c2cn(CCCl)cn2)c1. The molecular formula is C19H19ClF3N5OS. The van der Waals surface area contributed by atoms with Crippen molar-refractivity contribution in [2.24, 2.45) is 0 Å². The maximum Gasteiger partial charge on any atom is 0.416 e. The van der Waals surface area contributed by atoms with Gasteiger partial charge in [0.05, 0.1) is 35.1 Å². The number of rotatable bonds is 8. The van der Waals surface area contributed by atoms with Gasteiger partial charge in [-0.1, -0.05) is 12.1 Å². The van der Waals surface area contributed by atoms with E-state index in [0.717, 1.165) is 12.1 Å². The minimum Gasteiger partial charge on any atom is -0.593 e. The Morgan fingerprint density at radius 3 is 2.57 bits per heavy atom. The van der Waals surface area contributed by atoms with Gasteiger partial charge in [-0.15, -0.1) is 16.3 Å². The molecule has 1 atom stereocenters. The minimum absolute atomic E-state index is 0.259. The van der Waals surface area contributed by atoms with Gasteiger partial charge < -0.3 is 14.4 Å². The van der Waals surface area contributed by atoms with Gasteiger partial charge in [-0.2, -0.15) is 13.2 Å². The van der Waals surface area contributed by atoms with Crippen LogP contribution in [0.1, 0.15) is 11.1 Å². The summed E-state index contributed by atoms with van der Waals surface area (Å²) in [5, 5.41) is 3.12. The Hall–Kier alpha value is -2.27. The number of hydrogen-bond donors (Lipinski definition) is 2. The maximum atomic E-state index is 12.7. The lowest BCUT2D eigenvalue weighted by molar-refractivity contribution is -0.137. The molecule has 0 amide bonds. The van der Waals surface area contributed by atoms with Crippen molar-refractivity contribution in [3.05, 3.63) is 60.2 Å². The number of aromatic nitrogens is 3. The molecule has 2 N–H and O–H groups in total. The number of benzene rings is 1. The van der Waals surface area contributed by atoms with Crippen molar-refractivity contribution >= 4 is 28.8 Å². The van der Waals surface area contributed by atoms with Crippen LogP contribution in [0.4, 0.5) is 19.0 Å². The quantitative estimate of drug-likeness (QED) is 0.394. The molecule has 0 saturated carbocycles. The van der Waals surface area contributed by atoms with Gasteiger partial charge in [-0.25, -0.2) is 9.97 Å². The van der Waals surface area contributed by atoms with Crippen LogP contribution in [0.5, 0.6) is 0 Å². The second-order valence-corrected chi connectivity index (χ2v) is 8.07. The Balaban J connectivity index is 1.85. The summed E-state index contributed by atoms with van der Waals surface area (Å²) in [6.07, 6.45) is 0.538. The van der Waals surface area contributed by atoms with E-state index in [9.17, 15) is 17.7 Å². The van der Waals surface area contributed by atoms with Gasteiger partial charge in [-0.05, 0) is 17.7 Å². The predicted octanol–water partition coefficient (Wildman–Crippen LogP) is 4.06. The first-order valence-electron chi connectivity index (χ1n) is 8.89. The van der Waals surface area contributed by atoms with Crippen molar-refractivity contribution in [1.29, 1.82) is 0 Å². The summed E-state index contributed by atoms with van der Waals surface area (Å²) in [7, 11) is 1.57. The normalized spacial score (nSPS) is 12.7. The summed E-state index contributed by atoms with van der Waals surface area (Å²) >= 11 is 4.34. The highest BCUT2D eigenvalue weighted by Crippen LogP contribution is 2.30. The molecule has 0 saturated heterocycles. The molecule has 3 rings (SSSR count). The van der Waals surface area contributed by atoms with Crippen LogP contribution < -0.4 is 10.0 Å². The van der Waals surface area contributed by atoms with Gasteiger partial charge in [0.2, 0.25) is 0 Å². The van der Waals surface area contributed by atoms with E-state index in [2.05, 4.69) is 20.0 Å². The lowest BCUT2D eigenvalue weighted by atomic mass is 10.1. The Morgan fingerprint density at radius 2 is 1.93 bits per heavy atom. The van der Waals surface area contributed by atoms with Crippen molar-refractivity contribution in [2.75, 3.05) is 18.2 Å². The van der Waals surface area contributed by atoms with Crippen molar-refractivity contribution in [3.8, 4) is 11.3 Å². The van der Waals surface area contributed by atoms with E-state index in [1.807, 2.05) is 4.57 Å². The molecule has 160 valence electrons. The van der Waals surface area contributed by atoms with Gasteiger partial charge in [0.15, 0.2) is 4.90 Å². The Morgan fingerprint density at radius 1 is 1.20 bits per heavy atom. The van der Waals surface area contributed by atoms with E-state index in [4.69, 9.17) is 11.6 Å². The zero-order valence-corrected chi connectivity index (χ0v) is 17.5. The van der Waals surface area contributed by atoms with Crippen LogP contribution in [0, 0.1) is 0 Å². The van der Waals surface area contributed by atoms with Crippen LogP contribution in [-0.4, -0.2) is 32.0 Å². The third-order valence-corrected chi connectivity index (χ3v) is 5.45. The molecule has 2 heterocycles. The number of hydrogen-bond acceptors (Lipinski definition) is 5. The minimum atomic E-state index is -4.37. The fourth-order valence-electron chi connectivity index (χ4n) is 2.72. The van der Waals surface area contributed by atoms with E-state index in [1.54, 1.807) is 25.6 Å². The van der Waals surface area contributed by atoms with Crippen LogP contribution in [0.15, 0.2) is 53.9 Å². The van der Waals surface area contributed by atoms with Crippen molar-refractivity contribution in [3.63, 3.8) is 0 Å². The van der Waals surface area contributed by atoms with Crippen molar-refractivity contribution in [2.45, 2.75) is 24.2 Å². The molecule has 0 fully saturated rings. The number of aryl methyl sites for hydroxylation is 1. The van der Waals surface area contributed by atoms with E-state index in [-0.39, 0.29) is 6.54 Å². The average molecular weight is 458 g/mol. The molecule has 30 heavy (non-hydrogen) atoms. The first-order valence-corrected chi connectivity index (χ1v) is 10.6. The van der Waals surface area contributed by atoms with Crippen LogP contribution in [0.3, 0.4) is 0 Å². The molecule has 3 aromatic rings. The average Bonchev–Trinajstić information content (AvgIpc) is 3.20. The molecule has 0 aliphatic rings. The maximum absolute atomic E-state index is 12.7. The summed E-state index contributed by atoms with van der Waals surface area (Å²) in [5.41, 5.74) is 1.19. The zero-order valence-electron chi connectivity index (χ0n) is 15.9. The fourth-order valence-corrected chi connectivity index (χ4v) is 3.52. The molecule has 0 aliphatic heterocycles. The van der Waals surface area contributed by atoms with Crippen molar-refractivity contribution < 1.29 is 17.7 Å². The molecule has 1 unspecified atom stereocenters. The van der Waals surface area contributed by atoms with Gasteiger partial charge in [-0.3, -0.25) is 0 Å². The summed E-state index contributed by atoms with van der Waals surface area (Å²) in [5.74, 6) is 0.902. The topological polar surface area (TPSA) is 77.8 Å². The second-order valence-electron chi connectivity index (χ2n) is 6.27. The molecule has 0 aliphatic carbocycles. The summed E-state index contributed by atoms with van der Waals surface area (Å²) in [4.78, 5) is 9.19. The highest BCUT2D eigenvalue weighted by Gasteiger charge is 2.29. The number of pyridine rings is 1. The number of imidazole rings is 1. The summed E-state index contributed by atoms with van der Waals surface area (Å²) in [6.45, 7) is 0.841. The highest BCUT2D eigenvalue weighted by molar-refractivity contribution is 7.89. The second kappa shape index (κ2) is 9.69. The van der Waals surface area contributed by atoms with E-state index in [0.29, 0.717) is 40.0 Å². The smallest absolute Gasteiger partial charge is 0.416 e. The molecule has 0 bridgehead atoms. The van der Waals surface area contributed by atoms with Gasteiger partial charge >= 0.3 is 6.18 Å². The third kappa shape index (κ3) is 5.45. The van der Waals surface area contributed by atoms with Crippen LogP contribution >= 0.6 is 11.6 Å².